The summed E-state index contributed by atoms with van der Waals surface area (Å²) in [4.78, 5) is 11.0. The molecule has 0 aliphatic heterocycles. The van der Waals surface area contributed by atoms with E-state index in [0.29, 0.717) is 10.9 Å². The average Bonchev–Trinajstić information content (AvgIpc) is 2.25. The maximum absolute atomic E-state index is 12.4. The minimum absolute atomic E-state index is 0.0916. The Kier molecular flexibility index (Phi) is 6.08. The van der Waals surface area contributed by atoms with Gasteiger partial charge in [-0.2, -0.15) is 4.72 Å². The lowest BCUT2D eigenvalue weighted by Gasteiger charge is -2.26. The molecule has 0 fully saturated rings. The van der Waals surface area contributed by atoms with Gasteiger partial charge in [0.15, 0.2) is 0 Å². The van der Waals surface area contributed by atoms with Gasteiger partial charge in [-0.1, -0.05) is 52.5 Å². The predicted molar refractivity (Wildman–Crippen MR) is 85.4 cm³/mol. The maximum Gasteiger partial charge on any atom is 0.324 e. The van der Waals surface area contributed by atoms with Crippen LogP contribution in [0, 0.1) is 0 Å². The van der Waals surface area contributed by atoms with Crippen LogP contribution in [0.15, 0.2) is 21.5 Å². The third-order valence-electron chi connectivity index (χ3n) is 2.81. The molecule has 9 heteroatoms. The van der Waals surface area contributed by atoms with Crippen molar-refractivity contribution in [3.8, 4) is 0 Å². The van der Waals surface area contributed by atoms with E-state index in [1.54, 1.807) is 6.92 Å². The summed E-state index contributed by atoms with van der Waals surface area (Å²) in [6, 6.07) is 2.75. The standard InChI is InChI=1S/C12H14BrCl2NO4S/c1-3-4-12(2,11(17)18)16-21(19,20)10-8(14)5-7(13)6-9(10)15/h5-6,16H,3-4H2,1-2H3,(H,17,18). The van der Waals surface area contributed by atoms with E-state index in [-0.39, 0.29) is 21.4 Å². The third-order valence-corrected chi connectivity index (χ3v) is 5.79. The van der Waals surface area contributed by atoms with Crippen molar-refractivity contribution in [1.29, 1.82) is 0 Å². The molecule has 1 aromatic carbocycles. The number of benzene rings is 1. The van der Waals surface area contributed by atoms with Crippen molar-refractivity contribution in [3.05, 3.63) is 26.7 Å². The monoisotopic (exact) mass is 417 g/mol. The van der Waals surface area contributed by atoms with Crippen molar-refractivity contribution >= 4 is 55.1 Å². The minimum Gasteiger partial charge on any atom is -0.480 e. The van der Waals surface area contributed by atoms with E-state index >= 15 is 0 Å². The molecule has 0 bridgehead atoms. The predicted octanol–water partition coefficient (Wildman–Crippen LogP) is 3.68. The Morgan fingerprint density at radius 1 is 1.38 bits per heavy atom. The summed E-state index contributed by atoms with van der Waals surface area (Å²) in [5.41, 5.74) is -1.63. The molecule has 0 aliphatic carbocycles. The highest BCUT2D eigenvalue weighted by molar-refractivity contribution is 9.10. The maximum atomic E-state index is 12.4. The van der Waals surface area contributed by atoms with Crippen molar-refractivity contribution in [2.75, 3.05) is 0 Å². The lowest BCUT2D eigenvalue weighted by atomic mass is 9.98. The van der Waals surface area contributed by atoms with Crippen LogP contribution in [0.5, 0.6) is 0 Å². The van der Waals surface area contributed by atoms with Crippen LogP contribution in [0.25, 0.3) is 0 Å². The highest BCUT2D eigenvalue weighted by Crippen LogP contribution is 2.33. The molecule has 5 nitrogen and oxygen atoms in total. The fraction of sp³-hybridized carbons (Fsp3) is 0.417. The highest BCUT2D eigenvalue weighted by Gasteiger charge is 2.38. The normalized spacial score (nSPS) is 14.7. The number of rotatable bonds is 6. The molecule has 118 valence electrons. The van der Waals surface area contributed by atoms with Gasteiger partial charge in [-0.15, -0.1) is 0 Å². The first-order valence-corrected chi connectivity index (χ1v) is 8.98. The summed E-state index contributed by atoms with van der Waals surface area (Å²) in [5.74, 6) is -1.27. The van der Waals surface area contributed by atoms with E-state index in [1.807, 2.05) is 0 Å². The van der Waals surface area contributed by atoms with Gasteiger partial charge in [-0.3, -0.25) is 4.79 Å². The molecule has 0 heterocycles. The van der Waals surface area contributed by atoms with Crippen molar-refractivity contribution < 1.29 is 18.3 Å². The molecule has 0 spiro atoms. The van der Waals surface area contributed by atoms with Gasteiger partial charge in [0.1, 0.15) is 10.4 Å². The van der Waals surface area contributed by atoms with E-state index in [9.17, 15) is 18.3 Å². The number of carbonyl (C=O) groups is 1. The average molecular weight is 419 g/mol. The van der Waals surface area contributed by atoms with Gasteiger partial charge >= 0.3 is 5.97 Å². The number of carboxylic acid groups (broad SMARTS) is 1. The summed E-state index contributed by atoms with van der Waals surface area (Å²) in [6.07, 6.45) is 0.625. The van der Waals surface area contributed by atoms with Crippen LogP contribution < -0.4 is 4.72 Å². The van der Waals surface area contributed by atoms with Crippen LogP contribution in [0.2, 0.25) is 10.0 Å². The zero-order chi connectivity index (χ0) is 16.4. The second-order valence-electron chi connectivity index (χ2n) is 4.69. The second kappa shape index (κ2) is 6.83. The SMILES string of the molecule is CCCC(C)(NS(=O)(=O)c1c(Cl)cc(Br)cc1Cl)C(=O)O. The third kappa shape index (κ3) is 4.32. The van der Waals surface area contributed by atoms with Gasteiger partial charge in [-0.25, -0.2) is 8.42 Å². The number of nitrogens with one attached hydrogen (secondary N) is 1. The molecule has 1 rings (SSSR count). The number of halogens is 3. The molecule has 0 saturated carbocycles. The largest absolute Gasteiger partial charge is 0.480 e. The van der Waals surface area contributed by atoms with E-state index in [1.165, 1.54) is 19.1 Å². The molecule has 0 aliphatic rings. The molecule has 2 N–H and O–H groups in total. The molecule has 1 atom stereocenters. The molecule has 1 unspecified atom stereocenters. The highest BCUT2D eigenvalue weighted by atomic mass is 79.9. The number of hydrogen-bond acceptors (Lipinski definition) is 3. The second-order valence-corrected chi connectivity index (χ2v) is 8.04. The van der Waals surface area contributed by atoms with Crippen molar-refractivity contribution in [2.45, 2.75) is 37.1 Å². The summed E-state index contributed by atoms with van der Waals surface area (Å²) >= 11 is 15.0. The first-order chi connectivity index (χ1) is 9.53. The Morgan fingerprint density at radius 2 is 1.86 bits per heavy atom. The fourth-order valence-corrected chi connectivity index (χ4v) is 5.17. The molecule has 1 aromatic rings. The zero-order valence-electron chi connectivity index (χ0n) is 11.3. The van der Waals surface area contributed by atoms with Crippen LogP contribution in [0.1, 0.15) is 26.7 Å². The number of carboxylic acids is 1. The fourth-order valence-electron chi connectivity index (χ4n) is 1.83. The molecule has 0 aromatic heterocycles. The Balaban J connectivity index is 3.33. The van der Waals surface area contributed by atoms with Crippen LogP contribution in [0.3, 0.4) is 0 Å². The van der Waals surface area contributed by atoms with Crippen LogP contribution in [-0.2, 0) is 14.8 Å². The van der Waals surface area contributed by atoms with Crippen molar-refractivity contribution in [2.24, 2.45) is 0 Å². The number of aliphatic carboxylic acids is 1. The van der Waals surface area contributed by atoms with Gasteiger partial charge in [-0.05, 0) is 25.5 Å². The Hall–Kier alpha value is -0.340. The summed E-state index contributed by atoms with van der Waals surface area (Å²) < 4.78 is 27.5. The van der Waals surface area contributed by atoms with Gasteiger partial charge < -0.3 is 5.11 Å². The van der Waals surface area contributed by atoms with E-state index < -0.39 is 21.5 Å². The minimum atomic E-state index is -4.18. The quantitative estimate of drug-likeness (QED) is 0.737. The number of sulfonamides is 1. The summed E-state index contributed by atoms with van der Waals surface area (Å²) in [7, 11) is -4.18. The summed E-state index contributed by atoms with van der Waals surface area (Å²) in [6.45, 7) is 3.06. The molecular weight excluding hydrogens is 405 g/mol. The van der Waals surface area contributed by atoms with Crippen LogP contribution in [-0.4, -0.2) is 25.0 Å². The van der Waals surface area contributed by atoms with E-state index in [0.717, 1.165) is 0 Å². The molecule has 0 amide bonds. The van der Waals surface area contributed by atoms with Gasteiger partial charge in [0, 0.05) is 4.47 Å². The summed E-state index contributed by atoms with van der Waals surface area (Å²) in [5, 5.41) is 9.07. The molecule has 21 heavy (non-hydrogen) atoms. The van der Waals surface area contributed by atoms with Gasteiger partial charge in [0.25, 0.3) is 0 Å². The zero-order valence-corrected chi connectivity index (χ0v) is 15.2. The van der Waals surface area contributed by atoms with E-state index in [2.05, 4.69) is 20.7 Å². The lowest BCUT2D eigenvalue weighted by Crippen LogP contribution is -2.52. The van der Waals surface area contributed by atoms with Crippen LogP contribution in [0.4, 0.5) is 0 Å². The van der Waals surface area contributed by atoms with Gasteiger partial charge in [0.2, 0.25) is 10.0 Å². The topological polar surface area (TPSA) is 83.5 Å². The van der Waals surface area contributed by atoms with Gasteiger partial charge in [0.05, 0.1) is 10.0 Å². The molecular formula is C12H14BrCl2NO4S. The first-order valence-electron chi connectivity index (χ1n) is 5.95. The Labute approximate surface area is 141 Å². The molecule has 0 radical (unpaired) electrons. The number of hydrogen-bond donors (Lipinski definition) is 2. The first kappa shape index (κ1) is 18.7. The van der Waals surface area contributed by atoms with Crippen molar-refractivity contribution in [1.82, 2.24) is 4.72 Å². The smallest absolute Gasteiger partial charge is 0.324 e. The molecule has 0 saturated heterocycles. The Morgan fingerprint density at radius 3 is 2.24 bits per heavy atom. The van der Waals surface area contributed by atoms with Crippen molar-refractivity contribution in [3.63, 3.8) is 0 Å². The van der Waals surface area contributed by atoms with Crippen LogP contribution >= 0.6 is 39.1 Å². The Bertz CT molecular complexity index is 642. The van der Waals surface area contributed by atoms with E-state index in [4.69, 9.17) is 23.2 Å². The lowest BCUT2D eigenvalue weighted by molar-refractivity contribution is -0.143.